The summed E-state index contributed by atoms with van der Waals surface area (Å²) in [5, 5.41) is 5.62. The monoisotopic (exact) mass is 426 g/mol. The zero-order chi connectivity index (χ0) is 13.2. The second kappa shape index (κ2) is 7.42. The van der Waals surface area contributed by atoms with Gasteiger partial charge < -0.3 is 10.2 Å². The van der Waals surface area contributed by atoms with Crippen LogP contribution in [0.25, 0.3) is 0 Å². The number of hydrogen-bond donors (Lipinski definition) is 1. The molecule has 6 heteroatoms. The van der Waals surface area contributed by atoms with Crippen LogP contribution in [0.4, 0.5) is 0 Å². The van der Waals surface area contributed by atoms with Crippen molar-refractivity contribution in [2.24, 2.45) is 5.92 Å². The third kappa shape index (κ3) is 4.32. The van der Waals surface area contributed by atoms with Gasteiger partial charge in [-0.15, -0.1) is 23.7 Å². The van der Waals surface area contributed by atoms with Gasteiger partial charge in [0.25, 0.3) is 5.91 Å². The molecular formula is C14H20ClIN2OS. The number of halogens is 2. The topological polar surface area (TPSA) is 32.3 Å². The lowest BCUT2D eigenvalue weighted by Gasteiger charge is -2.32. The van der Waals surface area contributed by atoms with E-state index < -0.39 is 0 Å². The maximum Gasteiger partial charge on any atom is 0.254 e. The van der Waals surface area contributed by atoms with Crippen molar-refractivity contribution in [2.45, 2.75) is 31.7 Å². The minimum Gasteiger partial charge on any atom is -0.339 e. The number of carbonyl (C=O) groups excluding carboxylic acids is 1. The molecule has 1 N–H and O–H groups in total. The predicted molar refractivity (Wildman–Crippen MR) is 93.9 cm³/mol. The number of piperidine rings is 1. The Kier molecular flexibility index (Phi) is 6.13. The van der Waals surface area contributed by atoms with Gasteiger partial charge in [-0.2, -0.15) is 0 Å². The van der Waals surface area contributed by atoms with Crippen LogP contribution in [-0.2, 0) is 0 Å². The van der Waals surface area contributed by atoms with E-state index in [1.54, 1.807) is 11.3 Å². The largest absolute Gasteiger partial charge is 0.339 e. The van der Waals surface area contributed by atoms with Crippen LogP contribution >= 0.6 is 46.3 Å². The number of nitrogens with zero attached hydrogens (tertiary/aromatic N) is 1. The molecule has 2 fully saturated rings. The first-order valence-corrected chi connectivity index (χ1v) is 8.95. The molecule has 2 heterocycles. The Bertz CT molecular complexity index is 456. The molecular weight excluding hydrogens is 407 g/mol. The van der Waals surface area contributed by atoms with Crippen LogP contribution in [0.15, 0.2) is 11.4 Å². The highest BCUT2D eigenvalue weighted by Crippen LogP contribution is 2.28. The summed E-state index contributed by atoms with van der Waals surface area (Å²) < 4.78 is 1.18. The van der Waals surface area contributed by atoms with E-state index in [2.05, 4.69) is 27.9 Å². The first-order chi connectivity index (χ1) is 9.22. The van der Waals surface area contributed by atoms with E-state index in [9.17, 15) is 4.79 Å². The highest BCUT2D eigenvalue weighted by atomic mass is 127. The fraction of sp³-hybridized carbons (Fsp3) is 0.643. The number of carbonyl (C=O) groups is 1. The average Bonchev–Trinajstić information content (AvgIpc) is 3.17. The minimum absolute atomic E-state index is 0. The molecule has 112 valence electrons. The van der Waals surface area contributed by atoms with Crippen LogP contribution in [0.2, 0.25) is 0 Å². The summed E-state index contributed by atoms with van der Waals surface area (Å²) in [6, 6.07) is 2.61. The first-order valence-electron chi connectivity index (χ1n) is 6.99. The van der Waals surface area contributed by atoms with Crippen LogP contribution in [0.1, 0.15) is 36.0 Å². The second-order valence-corrected chi connectivity index (χ2v) is 8.36. The second-order valence-electron chi connectivity index (χ2n) is 5.56. The van der Waals surface area contributed by atoms with Crippen molar-refractivity contribution in [1.29, 1.82) is 0 Å². The molecule has 1 aromatic rings. The third-order valence-corrected chi connectivity index (χ3v) is 5.78. The van der Waals surface area contributed by atoms with Crippen molar-refractivity contribution < 1.29 is 4.79 Å². The van der Waals surface area contributed by atoms with E-state index in [1.165, 1.54) is 22.3 Å². The minimum atomic E-state index is 0. The summed E-state index contributed by atoms with van der Waals surface area (Å²) in [7, 11) is 0. The van der Waals surface area contributed by atoms with Crippen LogP contribution in [0.5, 0.6) is 0 Å². The lowest BCUT2D eigenvalue weighted by atomic mass is 10.0. The number of nitrogens with one attached hydrogen (secondary N) is 1. The molecule has 0 aromatic carbocycles. The molecule has 1 amide bonds. The molecule has 1 aliphatic heterocycles. The Balaban J connectivity index is 0.00000147. The van der Waals surface area contributed by atoms with E-state index in [4.69, 9.17) is 0 Å². The Morgan fingerprint density at radius 3 is 2.60 bits per heavy atom. The van der Waals surface area contributed by atoms with Gasteiger partial charge >= 0.3 is 0 Å². The molecule has 1 saturated carbocycles. The molecule has 0 bridgehead atoms. The van der Waals surface area contributed by atoms with Gasteiger partial charge in [0.1, 0.15) is 0 Å². The molecule has 0 atom stereocenters. The highest BCUT2D eigenvalue weighted by molar-refractivity contribution is 14.1. The Hall–Kier alpha value is 0.150. The lowest BCUT2D eigenvalue weighted by molar-refractivity contribution is 0.0705. The predicted octanol–water partition coefficient (Wildman–Crippen LogP) is 3.38. The molecule has 1 saturated heterocycles. The molecule has 0 unspecified atom stereocenters. The van der Waals surface area contributed by atoms with Gasteiger partial charge in [-0.1, -0.05) is 0 Å². The summed E-state index contributed by atoms with van der Waals surface area (Å²) in [6.45, 7) is 2.97. The molecule has 20 heavy (non-hydrogen) atoms. The third-order valence-electron chi connectivity index (χ3n) is 3.99. The van der Waals surface area contributed by atoms with Gasteiger partial charge in [0.05, 0.1) is 8.45 Å². The maximum absolute atomic E-state index is 12.3. The van der Waals surface area contributed by atoms with E-state index >= 15 is 0 Å². The summed E-state index contributed by atoms with van der Waals surface area (Å²) >= 11 is 3.91. The number of thiophene rings is 1. The summed E-state index contributed by atoms with van der Waals surface area (Å²) in [5.74, 6) is 1.15. The summed E-state index contributed by atoms with van der Waals surface area (Å²) in [4.78, 5) is 14.3. The zero-order valence-corrected chi connectivity index (χ0v) is 15.1. The van der Waals surface area contributed by atoms with Crippen LogP contribution in [0.3, 0.4) is 0 Å². The van der Waals surface area contributed by atoms with Gasteiger partial charge in [0.2, 0.25) is 0 Å². The molecule has 2 aliphatic rings. The zero-order valence-electron chi connectivity index (χ0n) is 11.3. The molecule has 3 nitrogen and oxygen atoms in total. The van der Waals surface area contributed by atoms with Crippen molar-refractivity contribution in [3.05, 3.63) is 19.9 Å². The van der Waals surface area contributed by atoms with E-state index in [0.29, 0.717) is 6.04 Å². The molecule has 1 aliphatic carbocycles. The Labute approximate surface area is 144 Å². The van der Waals surface area contributed by atoms with Crippen LogP contribution < -0.4 is 5.32 Å². The molecule has 0 radical (unpaired) electrons. The Morgan fingerprint density at radius 2 is 2.05 bits per heavy atom. The van der Waals surface area contributed by atoms with Gasteiger partial charge in [-0.05, 0) is 66.8 Å². The van der Waals surface area contributed by atoms with Gasteiger partial charge in [-0.3, -0.25) is 4.79 Å². The summed E-state index contributed by atoms with van der Waals surface area (Å²) in [5.41, 5.74) is 0.860. The molecule has 0 spiro atoms. The number of hydrogen-bond acceptors (Lipinski definition) is 3. The Morgan fingerprint density at radius 1 is 1.35 bits per heavy atom. The van der Waals surface area contributed by atoms with Crippen molar-refractivity contribution in [1.82, 2.24) is 10.2 Å². The molecule has 1 aromatic heterocycles. The van der Waals surface area contributed by atoms with E-state index in [-0.39, 0.29) is 18.3 Å². The fourth-order valence-electron chi connectivity index (χ4n) is 2.55. The van der Waals surface area contributed by atoms with Crippen molar-refractivity contribution in [3.8, 4) is 0 Å². The maximum atomic E-state index is 12.3. The van der Waals surface area contributed by atoms with Crippen molar-refractivity contribution in [3.63, 3.8) is 0 Å². The van der Waals surface area contributed by atoms with Crippen LogP contribution in [0, 0.1) is 8.80 Å². The standard InChI is InChI=1S/C14H19IN2OS.ClH/c15-13-7-11(9-19-13)14(18)17-5-3-12(4-6-17)16-8-10-1-2-10;/h7,9-10,12,16H,1-6,8H2;1H. The van der Waals surface area contributed by atoms with Crippen molar-refractivity contribution >= 4 is 52.2 Å². The number of rotatable bonds is 4. The number of amides is 1. The first kappa shape index (κ1) is 16.5. The molecule has 3 rings (SSSR count). The smallest absolute Gasteiger partial charge is 0.254 e. The van der Waals surface area contributed by atoms with Gasteiger partial charge in [0.15, 0.2) is 0 Å². The lowest BCUT2D eigenvalue weighted by Crippen LogP contribution is -2.45. The van der Waals surface area contributed by atoms with Crippen molar-refractivity contribution in [2.75, 3.05) is 19.6 Å². The quantitative estimate of drug-likeness (QED) is 0.749. The van der Waals surface area contributed by atoms with Gasteiger partial charge in [0, 0.05) is 24.5 Å². The normalized spacial score (nSPS) is 19.8. The fourth-order valence-corrected chi connectivity index (χ4v) is 3.87. The highest BCUT2D eigenvalue weighted by Gasteiger charge is 2.26. The number of likely N-dealkylation sites (tertiary alicyclic amines) is 1. The van der Waals surface area contributed by atoms with Gasteiger partial charge in [-0.25, -0.2) is 0 Å². The van der Waals surface area contributed by atoms with E-state index in [1.807, 2.05) is 16.3 Å². The average molecular weight is 427 g/mol. The summed E-state index contributed by atoms with van der Waals surface area (Å²) in [6.07, 6.45) is 5.00. The SMILES string of the molecule is Cl.O=C(c1csc(I)c1)N1CCC(NCC2CC2)CC1. The van der Waals surface area contributed by atoms with E-state index in [0.717, 1.165) is 37.4 Å². The van der Waals surface area contributed by atoms with Crippen LogP contribution in [-0.4, -0.2) is 36.5 Å².